The molecular weight excluding hydrogens is 436 g/mol. The van der Waals surface area contributed by atoms with Crippen LogP contribution in [-0.4, -0.2) is 19.2 Å². The van der Waals surface area contributed by atoms with Crippen LogP contribution in [0, 0.1) is 0 Å². The van der Waals surface area contributed by atoms with Gasteiger partial charge in [0, 0.05) is 46.4 Å². The van der Waals surface area contributed by atoms with Gasteiger partial charge in [-0.1, -0.05) is 57.5 Å². The second-order valence-electron chi connectivity index (χ2n) is 7.42. The van der Waals surface area contributed by atoms with Crippen LogP contribution in [0.4, 0.5) is 11.4 Å². The number of rotatable bonds is 7. The lowest BCUT2D eigenvalue weighted by molar-refractivity contribution is 0.800. The molecule has 0 aliphatic carbocycles. The number of benzene rings is 3. The lowest BCUT2D eigenvalue weighted by Crippen LogP contribution is -2.22. The van der Waals surface area contributed by atoms with E-state index in [4.69, 9.17) is 5.73 Å². The summed E-state index contributed by atoms with van der Waals surface area (Å²) in [6, 6.07) is 25.0. The maximum Gasteiger partial charge on any atom is 0.105 e. The molecule has 2 heterocycles. The lowest BCUT2D eigenvalue weighted by atomic mass is 10.1. The molecule has 0 saturated heterocycles. The van der Waals surface area contributed by atoms with Crippen LogP contribution in [0.1, 0.15) is 11.1 Å². The SMILES string of the molecule is Nc1ccc(N(Cc2ccc(-c3csnn3)cc2)Cc2ccc(-c3csnn3)cc2)cc1. The number of aromatic nitrogens is 4. The normalized spacial score (nSPS) is 10.9. The van der Waals surface area contributed by atoms with E-state index in [2.05, 4.69) is 84.7 Å². The molecule has 0 aliphatic rings. The molecule has 158 valence electrons. The van der Waals surface area contributed by atoms with Crippen molar-refractivity contribution in [2.45, 2.75) is 13.1 Å². The number of hydrogen-bond acceptors (Lipinski definition) is 8. The average Bonchev–Trinajstić information content (AvgIpc) is 3.55. The smallest absolute Gasteiger partial charge is 0.105 e. The second kappa shape index (κ2) is 9.25. The molecule has 0 fully saturated rings. The minimum atomic E-state index is 0.760. The van der Waals surface area contributed by atoms with Crippen LogP contribution in [0.15, 0.2) is 83.6 Å². The molecule has 6 nitrogen and oxygen atoms in total. The summed E-state index contributed by atoms with van der Waals surface area (Å²) < 4.78 is 7.90. The summed E-state index contributed by atoms with van der Waals surface area (Å²) in [7, 11) is 0. The summed E-state index contributed by atoms with van der Waals surface area (Å²) in [5, 5.41) is 12.2. The van der Waals surface area contributed by atoms with Gasteiger partial charge in [0.05, 0.1) is 0 Å². The summed E-state index contributed by atoms with van der Waals surface area (Å²) in [5.41, 5.74) is 14.2. The monoisotopic (exact) mass is 456 g/mol. The number of nitrogens with two attached hydrogens (primary N) is 1. The highest BCUT2D eigenvalue weighted by molar-refractivity contribution is 7.03. The Bertz CT molecular complexity index is 1170. The number of anilines is 2. The Morgan fingerprint density at radius 2 is 1.09 bits per heavy atom. The maximum absolute atomic E-state index is 5.92. The third kappa shape index (κ3) is 4.66. The van der Waals surface area contributed by atoms with E-state index in [1.165, 1.54) is 34.2 Å². The lowest BCUT2D eigenvalue weighted by Gasteiger charge is -2.25. The minimum Gasteiger partial charge on any atom is -0.399 e. The van der Waals surface area contributed by atoms with Crippen molar-refractivity contribution < 1.29 is 0 Å². The average molecular weight is 457 g/mol. The first-order valence-electron chi connectivity index (χ1n) is 10.1. The van der Waals surface area contributed by atoms with E-state index in [0.29, 0.717) is 0 Å². The van der Waals surface area contributed by atoms with Gasteiger partial charge in [0.15, 0.2) is 0 Å². The fourth-order valence-corrected chi connectivity index (χ4v) is 4.44. The van der Waals surface area contributed by atoms with E-state index < -0.39 is 0 Å². The van der Waals surface area contributed by atoms with Crippen LogP contribution >= 0.6 is 23.1 Å². The van der Waals surface area contributed by atoms with Gasteiger partial charge in [-0.15, -0.1) is 10.2 Å². The van der Waals surface area contributed by atoms with Crippen molar-refractivity contribution in [3.8, 4) is 22.5 Å². The molecular formula is C24H20N6S2. The van der Waals surface area contributed by atoms with Gasteiger partial charge in [-0.3, -0.25) is 0 Å². The van der Waals surface area contributed by atoms with E-state index in [1.807, 2.05) is 22.9 Å². The van der Waals surface area contributed by atoms with Crippen molar-refractivity contribution in [3.05, 3.63) is 94.7 Å². The van der Waals surface area contributed by atoms with Crippen molar-refractivity contribution in [2.75, 3.05) is 10.6 Å². The molecule has 5 rings (SSSR count). The highest BCUT2D eigenvalue weighted by Crippen LogP contribution is 2.25. The fourth-order valence-electron chi connectivity index (χ4n) is 3.51. The van der Waals surface area contributed by atoms with Crippen molar-refractivity contribution in [1.82, 2.24) is 19.2 Å². The molecule has 8 heteroatoms. The van der Waals surface area contributed by atoms with Crippen LogP contribution in [0.5, 0.6) is 0 Å². The first-order valence-corrected chi connectivity index (χ1v) is 11.8. The first kappa shape index (κ1) is 20.3. The summed E-state index contributed by atoms with van der Waals surface area (Å²) in [6.07, 6.45) is 0. The Balaban J connectivity index is 1.37. The summed E-state index contributed by atoms with van der Waals surface area (Å²) in [4.78, 5) is 2.35. The Morgan fingerprint density at radius 1 is 0.625 bits per heavy atom. The molecule has 0 bridgehead atoms. The van der Waals surface area contributed by atoms with Crippen LogP contribution in [0.2, 0.25) is 0 Å². The molecule has 0 aliphatic heterocycles. The Labute approximate surface area is 194 Å². The van der Waals surface area contributed by atoms with Gasteiger partial charge in [0.25, 0.3) is 0 Å². The zero-order valence-corrected chi connectivity index (χ0v) is 18.8. The standard InChI is InChI=1S/C24H20N6S2/c25-21-9-11-22(12-10-21)30(13-17-1-5-19(6-2-17)23-15-31-28-26-23)14-18-3-7-20(8-4-18)24-16-32-29-27-24/h1-12,15-16H,13-14,25H2. The Morgan fingerprint density at radius 3 is 1.50 bits per heavy atom. The molecule has 0 saturated carbocycles. The maximum atomic E-state index is 5.92. The van der Waals surface area contributed by atoms with Crippen LogP contribution in [0.3, 0.4) is 0 Å². The van der Waals surface area contributed by atoms with E-state index in [9.17, 15) is 0 Å². The van der Waals surface area contributed by atoms with Crippen molar-refractivity contribution >= 4 is 34.4 Å². The van der Waals surface area contributed by atoms with E-state index in [0.717, 1.165) is 47.0 Å². The van der Waals surface area contributed by atoms with Gasteiger partial charge in [-0.25, -0.2) is 0 Å². The quantitative estimate of drug-likeness (QED) is 0.325. The largest absolute Gasteiger partial charge is 0.399 e. The van der Waals surface area contributed by atoms with Gasteiger partial charge in [0.2, 0.25) is 0 Å². The summed E-state index contributed by atoms with van der Waals surface area (Å²) >= 11 is 2.73. The van der Waals surface area contributed by atoms with E-state index in [-0.39, 0.29) is 0 Å². The number of hydrogen-bond donors (Lipinski definition) is 1. The van der Waals surface area contributed by atoms with Crippen LogP contribution < -0.4 is 10.6 Å². The Kier molecular flexibility index (Phi) is 5.87. The molecule has 2 N–H and O–H groups in total. The van der Waals surface area contributed by atoms with Gasteiger partial charge in [0.1, 0.15) is 11.4 Å². The Hall–Kier alpha value is -3.62. The van der Waals surface area contributed by atoms with Crippen molar-refractivity contribution in [1.29, 1.82) is 0 Å². The van der Waals surface area contributed by atoms with Gasteiger partial charge >= 0.3 is 0 Å². The van der Waals surface area contributed by atoms with Gasteiger partial charge in [-0.05, 0) is 58.5 Å². The molecule has 0 amide bonds. The van der Waals surface area contributed by atoms with Gasteiger partial charge < -0.3 is 10.6 Å². The number of nitrogen functional groups attached to an aromatic ring is 1. The third-order valence-corrected chi connectivity index (χ3v) is 6.23. The fraction of sp³-hybridized carbons (Fsp3) is 0.0833. The first-order chi connectivity index (χ1) is 15.7. The topological polar surface area (TPSA) is 80.8 Å². The van der Waals surface area contributed by atoms with Crippen LogP contribution in [0.25, 0.3) is 22.5 Å². The minimum absolute atomic E-state index is 0.760. The molecule has 0 atom stereocenters. The predicted molar refractivity (Wildman–Crippen MR) is 131 cm³/mol. The molecule has 32 heavy (non-hydrogen) atoms. The summed E-state index contributed by atoms with van der Waals surface area (Å²) in [6.45, 7) is 1.55. The molecule has 0 spiro atoms. The predicted octanol–water partition coefficient (Wildman–Crippen LogP) is 5.51. The third-order valence-electron chi connectivity index (χ3n) is 5.22. The highest BCUT2D eigenvalue weighted by Gasteiger charge is 2.10. The molecule has 2 aromatic heterocycles. The van der Waals surface area contributed by atoms with Gasteiger partial charge in [-0.2, -0.15) is 0 Å². The van der Waals surface area contributed by atoms with E-state index in [1.54, 1.807) is 0 Å². The van der Waals surface area contributed by atoms with Crippen LogP contribution in [-0.2, 0) is 13.1 Å². The zero-order valence-electron chi connectivity index (χ0n) is 17.1. The molecule has 3 aromatic carbocycles. The zero-order chi connectivity index (χ0) is 21.8. The number of nitrogens with zero attached hydrogens (tertiary/aromatic N) is 5. The molecule has 0 unspecified atom stereocenters. The van der Waals surface area contributed by atoms with Crippen molar-refractivity contribution in [3.63, 3.8) is 0 Å². The second-order valence-corrected chi connectivity index (χ2v) is 8.64. The molecule has 0 radical (unpaired) electrons. The summed E-state index contributed by atoms with van der Waals surface area (Å²) in [5.74, 6) is 0. The van der Waals surface area contributed by atoms with Crippen molar-refractivity contribution in [2.24, 2.45) is 0 Å². The highest BCUT2D eigenvalue weighted by atomic mass is 32.1. The van der Waals surface area contributed by atoms with E-state index >= 15 is 0 Å². The molecule has 5 aromatic rings.